The summed E-state index contributed by atoms with van der Waals surface area (Å²) in [4.78, 5) is 12.0. The highest BCUT2D eigenvalue weighted by Gasteiger charge is 2.29. The number of carbonyl (C=O) groups excluding carboxylic acids is 1. The fourth-order valence-electron chi connectivity index (χ4n) is 2.04. The smallest absolute Gasteiger partial charge is 0.251 e. The normalized spacial score (nSPS) is 21.7. The summed E-state index contributed by atoms with van der Waals surface area (Å²) >= 11 is 0. The molecule has 0 radical (unpaired) electrons. The van der Waals surface area contributed by atoms with Gasteiger partial charge in [-0.3, -0.25) is 4.79 Å². The monoisotopic (exact) mass is 269 g/mol. The quantitative estimate of drug-likeness (QED) is 0.824. The number of aromatic hydroxyl groups is 1. The van der Waals surface area contributed by atoms with Crippen molar-refractivity contribution in [2.75, 3.05) is 11.5 Å². The van der Waals surface area contributed by atoms with Crippen LogP contribution in [0.2, 0.25) is 0 Å². The van der Waals surface area contributed by atoms with Gasteiger partial charge in [-0.25, -0.2) is 8.42 Å². The first-order chi connectivity index (χ1) is 8.39. The summed E-state index contributed by atoms with van der Waals surface area (Å²) in [5, 5.41) is 12.2. The zero-order valence-corrected chi connectivity index (χ0v) is 10.8. The van der Waals surface area contributed by atoms with Crippen LogP contribution in [0.25, 0.3) is 0 Å². The molecular weight excluding hydrogens is 254 g/mol. The fourth-order valence-corrected chi connectivity index (χ4v) is 3.71. The lowest BCUT2D eigenvalue weighted by atomic mass is 10.1. The molecule has 0 saturated carbocycles. The molecule has 18 heavy (non-hydrogen) atoms. The van der Waals surface area contributed by atoms with E-state index in [1.54, 1.807) is 19.1 Å². The Morgan fingerprint density at radius 2 is 2.17 bits per heavy atom. The Hall–Kier alpha value is -1.56. The molecule has 1 aliphatic rings. The molecule has 2 rings (SSSR count). The van der Waals surface area contributed by atoms with E-state index in [4.69, 9.17) is 0 Å². The van der Waals surface area contributed by atoms with Crippen LogP contribution < -0.4 is 5.32 Å². The summed E-state index contributed by atoms with van der Waals surface area (Å²) in [6.45, 7) is 1.65. The van der Waals surface area contributed by atoms with E-state index in [0.717, 1.165) is 0 Å². The standard InChI is InChI=1S/C12H15NO4S/c1-8-10(3-2-4-11(8)14)12(15)13-9-5-6-18(16,17)7-9/h2-4,9,14H,5-7H2,1H3,(H,13,15). The third kappa shape index (κ3) is 2.64. The maximum atomic E-state index is 12.0. The molecule has 98 valence electrons. The van der Waals surface area contributed by atoms with Crippen molar-refractivity contribution in [1.82, 2.24) is 5.32 Å². The second kappa shape index (κ2) is 4.61. The second-order valence-electron chi connectivity index (χ2n) is 4.52. The van der Waals surface area contributed by atoms with E-state index in [1.165, 1.54) is 6.07 Å². The van der Waals surface area contributed by atoms with Gasteiger partial charge in [0.15, 0.2) is 9.84 Å². The van der Waals surface area contributed by atoms with E-state index in [1.807, 2.05) is 0 Å². The number of phenolic OH excluding ortho intramolecular Hbond substituents is 1. The first-order valence-electron chi connectivity index (χ1n) is 5.69. The minimum Gasteiger partial charge on any atom is -0.508 e. The molecule has 1 aliphatic heterocycles. The summed E-state index contributed by atoms with van der Waals surface area (Å²) in [5.41, 5.74) is 0.871. The Bertz CT molecular complexity index is 580. The van der Waals surface area contributed by atoms with Crippen molar-refractivity contribution >= 4 is 15.7 Å². The number of hydrogen-bond acceptors (Lipinski definition) is 4. The highest BCUT2D eigenvalue weighted by molar-refractivity contribution is 7.91. The molecule has 1 heterocycles. The molecule has 1 saturated heterocycles. The topological polar surface area (TPSA) is 83.5 Å². The lowest BCUT2D eigenvalue weighted by Gasteiger charge is -2.12. The predicted molar refractivity (Wildman–Crippen MR) is 67.4 cm³/mol. The summed E-state index contributed by atoms with van der Waals surface area (Å²) in [5.74, 6) is -0.166. The summed E-state index contributed by atoms with van der Waals surface area (Å²) in [7, 11) is -3.01. The first kappa shape index (κ1) is 12.9. The van der Waals surface area contributed by atoms with Gasteiger partial charge in [-0.15, -0.1) is 0 Å². The predicted octanol–water partition coefficient (Wildman–Crippen LogP) is 0.618. The number of sulfone groups is 1. The summed E-state index contributed by atoms with van der Waals surface area (Å²) in [6, 6.07) is 4.37. The van der Waals surface area contributed by atoms with Gasteiger partial charge in [0.05, 0.1) is 11.5 Å². The largest absolute Gasteiger partial charge is 0.508 e. The van der Waals surface area contributed by atoms with Gasteiger partial charge in [-0.1, -0.05) is 6.07 Å². The lowest BCUT2D eigenvalue weighted by Crippen LogP contribution is -2.35. The Morgan fingerprint density at radius 3 is 2.78 bits per heavy atom. The molecule has 1 atom stereocenters. The highest BCUT2D eigenvalue weighted by Crippen LogP contribution is 2.20. The molecule has 0 spiro atoms. The molecule has 1 unspecified atom stereocenters. The van der Waals surface area contributed by atoms with Gasteiger partial charge >= 0.3 is 0 Å². The third-order valence-electron chi connectivity index (χ3n) is 3.12. The van der Waals surface area contributed by atoms with Crippen molar-refractivity contribution in [2.45, 2.75) is 19.4 Å². The first-order valence-corrected chi connectivity index (χ1v) is 7.51. The lowest BCUT2D eigenvalue weighted by molar-refractivity contribution is 0.0940. The Labute approximate surface area is 106 Å². The van der Waals surface area contributed by atoms with Crippen LogP contribution in [-0.2, 0) is 9.84 Å². The molecule has 1 fully saturated rings. The molecule has 6 heteroatoms. The van der Waals surface area contributed by atoms with Gasteiger partial charge in [-0.05, 0) is 25.5 Å². The third-order valence-corrected chi connectivity index (χ3v) is 4.89. The van der Waals surface area contributed by atoms with Crippen LogP contribution in [0, 0.1) is 6.92 Å². The summed E-state index contributed by atoms with van der Waals surface area (Å²) in [6.07, 6.45) is 0.450. The highest BCUT2D eigenvalue weighted by atomic mass is 32.2. The van der Waals surface area contributed by atoms with Crippen molar-refractivity contribution in [1.29, 1.82) is 0 Å². The van der Waals surface area contributed by atoms with Crippen LogP contribution in [0.3, 0.4) is 0 Å². The van der Waals surface area contributed by atoms with Crippen molar-refractivity contribution < 1.29 is 18.3 Å². The van der Waals surface area contributed by atoms with E-state index in [-0.39, 0.29) is 29.2 Å². The number of carbonyl (C=O) groups is 1. The molecular formula is C12H15NO4S. The van der Waals surface area contributed by atoms with E-state index >= 15 is 0 Å². The van der Waals surface area contributed by atoms with Crippen LogP contribution >= 0.6 is 0 Å². The van der Waals surface area contributed by atoms with E-state index in [0.29, 0.717) is 17.5 Å². The van der Waals surface area contributed by atoms with Gasteiger partial charge in [0.25, 0.3) is 5.91 Å². The van der Waals surface area contributed by atoms with Gasteiger partial charge in [-0.2, -0.15) is 0 Å². The Morgan fingerprint density at radius 1 is 1.44 bits per heavy atom. The number of hydrogen-bond donors (Lipinski definition) is 2. The average molecular weight is 269 g/mol. The molecule has 1 amide bonds. The minimum atomic E-state index is -3.01. The van der Waals surface area contributed by atoms with Crippen molar-refractivity contribution in [3.8, 4) is 5.75 Å². The summed E-state index contributed by atoms with van der Waals surface area (Å²) < 4.78 is 22.6. The van der Waals surface area contributed by atoms with Crippen LogP contribution in [0.1, 0.15) is 22.3 Å². The minimum absolute atomic E-state index is 0.00337. The SMILES string of the molecule is Cc1c(O)cccc1C(=O)NC1CCS(=O)(=O)C1. The molecule has 1 aromatic carbocycles. The molecule has 0 aromatic heterocycles. The maximum Gasteiger partial charge on any atom is 0.251 e. The van der Waals surface area contributed by atoms with Crippen molar-refractivity contribution in [3.05, 3.63) is 29.3 Å². The van der Waals surface area contributed by atoms with E-state index in [2.05, 4.69) is 5.32 Å². The molecule has 2 N–H and O–H groups in total. The molecule has 0 aliphatic carbocycles. The number of amides is 1. The molecule has 1 aromatic rings. The number of nitrogens with one attached hydrogen (secondary N) is 1. The number of phenols is 1. The number of benzene rings is 1. The Balaban J connectivity index is 2.11. The van der Waals surface area contributed by atoms with Gasteiger partial charge in [0.1, 0.15) is 5.75 Å². The number of rotatable bonds is 2. The molecule has 0 bridgehead atoms. The van der Waals surface area contributed by atoms with Crippen molar-refractivity contribution in [3.63, 3.8) is 0 Å². The Kier molecular flexibility index (Phi) is 3.30. The second-order valence-corrected chi connectivity index (χ2v) is 6.75. The van der Waals surface area contributed by atoms with E-state index in [9.17, 15) is 18.3 Å². The van der Waals surface area contributed by atoms with Gasteiger partial charge in [0.2, 0.25) is 0 Å². The van der Waals surface area contributed by atoms with Gasteiger partial charge in [0, 0.05) is 17.2 Å². The average Bonchev–Trinajstić information content (AvgIpc) is 2.62. The van der Waals surface area contributed by atoms with Crippen LogP contribution in [0.15, 0.2) is 18.2 Å². The van der Waals surface area contributed by atoms with Crippen molar-refractivity contribution in [2.24, 2.45) is 0 Å². The fraction of sp³-hybridized carbons (Fsp3) is 0.417. The zero-order valence-electron chi connectivity index (χ0n) is 10.0. The zero-order chi connectivity index (χ0) is 13.3. The van der Waals surface area contributed by atoms with Crippen LogP contribution in [0.5, 0.6) is 5.75 Å². The molecule has 5 nitrogen and oxygen atoms in total. The maximum absolute atomic E-state index is 12.0. The van der Waals surface area contributed by atoms with Crippen LogP contribution in [-0.4, -0.2) is 37.0 Å². The van der Waals surface area contributed by atoms with Gasteiger partial charge < -0.3 is 10.4 Å². The van der Waals surface area contributed by atoms with Crippen LogP contribution in [0.4, 0.5) is 0 Å². The van der Waals surface area contributed by atoms with E-state index < -0.39 is 9.84 Å².